The zero-order valence-electron chi connectivity index (χ0n) is 11.8. The van der Waals surface area contributed by atoms with Crippen LogP contribution in [-0.2, 0) is 0 Å². The van der Waals surface area contributed by atoms with Gasteiger partial charge in [0.1, 0.15) is 11.5 Å². The van der Waals surface area contributed by atoms with E-state index in [-0.39, 0.29) is 5.82 Å². The summed E-state index contributed by atoms with van der Waals surface area (Å²) in [7, 11) is 0. The molecule has 4 aromatic rings. The number of halogens is 1. The lowest BCUT2D eigenvalue weighted by molar-refractivity contribution is 0.631. The highest BCUT2D eigenvalue weighted by atomic mass is 19.1. The molecule has 108 valence electrons. The molecule has 0 aliphatic carbocycles. The zero-order chi connectivity index (χ0) is 15.1. The fourth-order valence-electron chi connectivity index (χ4n) is 2.40. The van der Waals surface area contributed by atoms with Crippen molar-refractivity contribution < 1.29 is 4.39 Å². The van der Waals surface area contributed by atoms with Crippen LogP contribution in [0.4, 0.5) is 4.39 Å². The van der Waals surface area contributed by atoms with Gasteiger partial charge in [-0.15, -0.1) is 0 Å². The van der Waals surface area contributed by atoms with E-state index in [2.05, 4.69) is 15.2 Å². The smallest absolute Gasteiger partial charge is 0.181 e. The lowest BCUT2D eigenvalue weighted by Crippen LogP contribution is -1.97. The molecule has 22 heavy (non-hydrogen) atoms. The lowest BCUT2D eigenvalue weighted by Gasteiger charge is -2.00. The van der Waals surface area contributed by atoms with Crippen LogP contribution in [0.1, 0.15) is 5.69 Å². The van der Waals surface area contributed by atoms with E-state index >= 15 is 0 Å². The molecule has 3 heterocycles. The molecule has 0 aliphatic heterocycles. The number of hydrogen-bond donors (Lipinski definition) is 0. The molecule has 0 spiro atoms. The van der Waals surface area contributed by atoms with E-state index in [1.807, 2.05) is 19.2 Å². The summed E-state index contributed by atoms with van der Waals surface area (Å²) in [6.07, 6.45) is 6.96. The summed E-state index contributed by atoms with van der Waals surface area (Å²) < 4.78 is 17.2. The second-order valence-corrected chi connectivity index (χ2v) is 5.02. The molecule has 0 unspecified atom stereocenters. The van der Waals surface area contributed by atoms with E-state index in [0.29, 0.717) is 16.8 Å². The Hall–Kier alpha value is -3.02. The highest BCUT2D eigenvalue weighted by molar-refractivity contribution is 5.64. The summed E-state index contributed by atoms with van der Waals surface area (Å²) in [5.41, 5.74) is 3.60. The van der Waals surface area contributed by atoms with Gasteiger partial charge in [-0.1, -0.05) is 18.2 Å². The van der Waals surface area contributed by atoms with Crippen molar-refractivity contribution in [1.82, 2.24) is 24.4 Å². The highest BCUT2D eigenvalue weighted by Gasteiger charge is 2.11. The van der Waals surface area contributed by atoms with Crippen molar-refractivity contribution in [1.29, 1.82) is 0 Å². The quantitative estimate of drug-likeness (QED) is 0.571. The molecule has 3 aromatic heterocycles. The van der Waals surface area contributed by atoms with Gasteiger partial charge in [-0.3, -0.25) is 0 Å². The predicted molar refractivity (Wildman–Crippen MR) is 80.2 cm³/mol. The third-order valence-electron chi connectivity index (χ3n) is 3.50. The van der Waals surface area contributed by atoms with Crippen LogP contribution in [0, 0.1) is 12.7 Å². The van der Waals surface area contributed by atoms with E-state index < -0.39 is 0 Å². The van der Waals surface area contributed by atoms with Gasteiger partial charge >= 0.3 is 0 Å². The Morgan fingerprint density at radius 2 is 1.91 bits per heavy atom. The maximum atomic E-state index is 13.9. The fourth-order valence-corrected chi connectivity index (χ4v) is 2.40. The Morgan fingerprint density at radius 1 is 1.05 bits per heavy atom. The summed E-state index contributed by atoms with van der Waals surface area (Å²) in [4.78, 5) is 4.48. The van der Waals surface area contributed by atoms with Crippen LogP contribution in [0.2, 0.25) is 0 Å². The molecule has 0 bridgehead atoms. The summed E-state index contributed by atoms with van der Waals surface area (Å²) in [5.74, 6) is -0.268. The molecule has 0 amide bonds. The van der Waals surface area contributed by atoms with Crippen LogP contribution >= 0.6 is 0 Å². The maximum absolute atomic E-state index is 13.9. The van der Waals surface area contributed by atoms with Crippen molar-refractivity contribution in [3.05, 3.63) is 66.6 Å². The molecule has 0 saturated heterocycles. The predicted octanol–water partition coefficient (Wildman–Crippen LogP) is 3.03. The summed E-state index contributed by atoms with van der Waals surface area (Å²) in [5, 5.41) is 8.57. The third kappa shape index (κ3) is 1.96. The maximum Gasteiger partial charge on any atom is 0.181 e. The minimum absolute atomic E-state index is 0.268. The van der Waals surface area contributed by atoms with Crippen LogP contribution < -0.4 is 0 Å². The van der Waals surface area contributed by atoms with Crippen LogP contribution in [0.5, 0.6) is 0 Å². The van der Waals surface area contributed by atoms with Crippen molar-refractivity contribution in [2.75, 3.05) is 0 Å². The Morgan fingerprint density at radius 3 is 2.77 bits per heavy atom. The lowest BCUT2D eigenvalue weighted by atomic mass is 10.1. The molecule has 0 saturated carbocycles. The van der Waals surface area contributed by atoms with Crippen LogP contribution in [0.3, 0.4) is 0 Å². The molecule has 0 N–H and O–H groups in total. The van der Waals surface area contributed by atoms with E-state index in [1.54, 1.807) is 46.0 Å². The number of rotatable bonds is 2. The molecular weight excluding hydrogens is 281 g/mol. The van der Waals surface area contributed by atoms with E-state index in [1.165, 1.54) is 6.07 Å². The molecule has 4 rings (SSSR count). The molecule has 0 fully saturated rings. The van der Waals surface area contributed by atoms with Gasteiger partial charge in [0.15, 0.2) is 5.65 Å². The number of aryl methyl sites for hydroxylation is 1. The number of benzene rings is 1. The fraction of sp³-hybridized carbons (Fsp3) is 0.0625. The minimum Gasteiger partial charge on any atom is -0.235 e. The molecular formula is C16H12FN5. The van der Waals surface area contributed by atoms with Gasteiger partial charge in [-0.05, 0) is 19.1 Å². The normalized spacial score (nSPS) is 11.2. The monoisotopic (exact) mass is 293 g/mol. The summed E-state index contributed by atoms with van der Waals surface area (Å²) in [6, 6.07) is 8.52. The SMILES string of the molecule is Cc1ccn2ncc(-n3cc(-c4ccccc4F)cn3)c2n1. The van der Waals surface area contributed by atoms with Gasteiger partial charge in [-0.2, -0.15) is 10.2 Å². The Kier molecular flexibility index (Phi) is 2.75. The van der Waals surface area contributed by atoms with E-state index in [4.69, 9.17) is 0 Å². The molecule has 0 atom stereocenters. The second kappa shape index (κ2) is 4.77. The van der Waals surface area contributed by atoms with Gasteiger partial charge in [-0.25, -0.2) is 18.6 Å². The first kappa shape index (κ1) is 12.7. The first-order chi connectivity index (χ1) is 10.7. The Bertz CT molecular complexity index is 970. The summed E-state index contributed by atoms with van der Waals surface area (Å²) >= 11 is 0. The summed E-state index contributed by atoms with van der Waals surface area (Å²) in [6.45, 7) is 1.92. The molecule has 6 heteroatoms. The average molecular weight is 293 g/mol. The van der Waals surface area contributed by atoms with Crippen LogP contribution in [0.15, 0.2) is 55.1 Å². The van der Waals surface area contributed by atoms with Gasteiger partial charge in [0.2, 0.25) is 0 Å². The van der Waals surface area contributed by atoms with Crippen molar-refractivity contribution in [2.24, 2.45) is 0 Å². The molecule has 0 aliphatic rings. The van der Waals surface area contributed by atoms with Crippen molar-refractivity contribution in [2.45, 2.75) is 6.92 Å². The topological polar surface area (TPSA) is 48.0 Å². The van der Waals surface area contributed by atoms with Crippen molar-refractivity contribution >= 4 is 5.65 Å². The van der Waals surface area contributed by atoms with Crippen molar-refractivity contribution in [3.8, 4) is 16.8 Å². The zero-order valence-corrected chi connectivity index (χ0v) is 11.8. The molecule has 1 aromatic carbocycles. The largest absolute Gasteiger partial charge is 0.235 e. The second-order valence-electron chi connectivity index (χ2n) is 5.02. The number of nitrogens with zero attached hydrogens (tertiary/aromatic N) is 5. The van der Waals surface area contributed by atoms with Crippen LogP contribution in [0.25, 0.3) is 22.5 Å². The molecule has 0 radical (unpaired) electrons. The van der Waals surface area contributed by atoms with Gasteiger partial charge < -0.3 is 0 Å². The first-order valence-electron chi connectivity index (χ1n) is 6.83. The van der Waals surface area contributed by atoms with E-state index in [9.17, 15) is 4.39 Å². The third-order valence-corrected chi connectivity index (χ3v) is 3.50. The molecule has 5 nitrogen and oxygen atoms in total. The number of fused-ring (bicyclic) bond motifs is 1. The van der Waals surface area contributed by atoms with Crippen LogP contribution in [-0.4, -0.2) is 24.4 Å². The highest BCUT2D eigenvalue weighted by Crippen LogP contribution is 2.23. The number of aromatic nitrogens is 5. The first-order valence-corrected chi connectivity index (χ1v) is 6.83. The van der Waals surface area contributed by atoms with Gasteiger partial charge in [0.25, 0.3) is 0 Å². The Labute approximate surface area is 125 Å². The standard InChI is InChI=1S/C16H12FN5/c1-11-6-7-21-16(20-11)15(9-19-21)22-10-12(8-18-22)13-4-2-3-5-14(13)17/h2-10H,1H3. The number of hydrogen-bond acceptors (Lipinski definition) is 3. The van der Waals surface area contributed by atoms with E-state index in [0.717, 1.165) is 11.4 Å². The minimum atomic E-state index is -0.268. The van der Waals surface area contributed by atoms with Gasteiger partial charge in [0, 0.05) is 29.2 Å². The van der Waals surface area contributed by atoms with Crippen molar-refractivity contribution in [3.63, 3.8) is 0 Å². The van der Waals surface area contributed by atoms with Gasteiger partial charge in [0.05, 0.1) is 12.4 Å². The average Bonchev–Trinajstić information content (AvgIpc) is 3.13. The Balaban J connectivity index is 1.84.